The molecule has 0 aliphatic carbocycles. The molecule has 1 aliphatic heterocycles. The standard InChI is InChI=1S/C9H20N4/c1-3-11-9(10)13-7-5-12(4-2)6-8-13/h3-8H2,1-2H3,(H2,10,11). The van der Waals surface area contributed by atoms with Crippen LogP contribution in [-0.4, -0.2) is 55.0 Å². The molecule has 0 amide bonds. The second-order valence-corrected chi connectivity index (χ2v) is 3.25. The number of piperazine rings is 1. The number of guanidine groups is 1. The molecule has 1 saturated heterocycles. The Hall–Kier alpha value is -0.770. The van der Waals surface area contributed by atoms with E-state index in [9.17, 15) is 0 Å². The van der Waals surface area contributed by atoms with Crippen LogP contribution in [0.5, 0.6) is 0 Å². The van der Waals surface area contributed by atoms with Gasteiger partial charge in [0, 0.05) is 32.7 Å². The number of hydrogen-bond acceptors (Lipinski definition) is 2. The Labute approximate surface area is 80.4 Å². The van der Waals surface area contributed by atoms with E-state index in [1.807, 2.05) is 6.92 Å². The summed E-state index contributed by atoms with van der Waals surface area (Å²) in [6.07, 6.45) is 0. The minimum absolute atomic E-state index is 0.707. The van der Waals surface area contributed by atoms with Crippen molar-refractivity contribution in [2.45, 2.75) is 13.8 Å². The molecule has 0 aromatic rings. The van der Waals surface area contributed by atoms with Crippen molar-refractivity contribution >= 4 is 5.96 Å². The number of likely N-dealkylation sites (N-methyl/N-ethyl adjacent to an activating group) is 1. The number of rotatable bonds is 2. The van der Waals surface area contributed by atoms with Crippen LogP contribution >= 0.6 is 0 Å². The zero-order valence-corrected chi connectivity index (χ0v) is 8.66. The summed E-state index contributed by atoms with van der Waals surface area (Å²) in [5.74, 6) is 0.707. The molecular formula is C9H20N4. The van der Waals surface area contributed by atoms with Crippen LogP contribution in [0.1, 0.15) is 13.8 Å². The summed E-state index contributed by atoms with van der Waals surface area (Å²) in [6.45, 7) is 10.4. The molecule has 1 fully saturated rings. The van der Waals surface area contributed by atoms with Gasteiger partial charge in [-0.1, -0.05) is 6.92 Å². The largest absolute Gasteiger partial charge is 0.370 e. The highest BCUT2D eigenvalue weighted by molar-refractivity contribution is 5.78. The molecule has 4 heteroatoms. The van der Waals surface area contributed by atoms with Gasteiger partial charge < -0.3 is 15.5 Å². The van der Waals surface area contributed by atoms with E-state index in [0.717, 1.165) is 39.3 Å². The highest BCUT2D eigenvalue weighted by atomic mass is 15.3. The van der Waals surface area contributed by atoms with Crippen molar-refractivity contribution in [1.82, 2.24) is 9.80 Å². The van der Waals surface area contributed by atoms with E-state index in [2.05, 4.69) is 21.7 Å². The molecule has 76 valence electrons. The summed E-state index contributed by atoms with van der Waals surface area (Å²) in [4.78, 5) is 8.79. The van der Waals surface area contributed by atoms with E-state index in [0.29, 0.717) is 5.96 Å². The first-order valence-corrected chi connectivity index (χ1v) is 5.05. The van der Waals surface area contributed by atoms with E-state index in [4.69, 9.17) is 5.73 Å². The van der Waals surface area contributed by atoms with Gasteiger partial charge in [0.05, 0.1) is 0 Å². The number of nitrogens with zero attached hydrogens (tertiary/aromatic N) is 3. The Kier molecular flexibility index (Phi) is 4.02. The van der Waals surface area contributed by atoms with E-state index in [-0.39, 0.29) is 0 Å². The van der Waals surface area contributed by atoms with Crippen molar-refractivity contribution < 1.29 is 0 Å². The fourth-order valence-corrected chi connectivity index (χ4v) is 1.56. The van der Waals surface area contributed by atoms with Crippen molar-refractivity contribution in [1.29, 1.82) is 0 Å². The molecule has 0 radical (unpaired) electrons. The summed E-state index contributed by atoms with van der Waals surface area (Å²) in [5, 5.41) is 0. The Morgan fingerprint density at radius 2 is 1.85 bits per heavy atom. The van der Waals surface area contributed by atoms with Crippen molar-refractivity contribution in [3.63, 3.8) is 0 Å². The van der Waals surface area contributed by atoms with E-state index in [1.165, 1.54) is 0 Å². The van der Waals surface area contributed by atoms with Gasteiger partial charge in [0.15, 0.2) is 5.96 Å². The predicted octanol–water partition coefficient (Wildman–Crippen LogP) is -0.0415. The minimum atomic E-state index is 0.707. The zero-order valence-electron chi connectivity index (χ0n) is 8.66. The van der Waals surface area contributed by atoms with Gasteiger partial charge in [-0.25, -0.2) is 0 Å². The highest BCUT2D eigenvalue weighted by Gasteiger charge is 2.16. The molecule has 4 nitrogen and oxygen atoms in total. The van der Waals surface area contributed by atoms with Gasteiger partial charge in [0.1, 0.15) is 0 Å². The van der Waals surface area contributed by atoms with Gasteiger partial charge in [0.2, 0.25) is 0 Å². The first kappa shape index (κ1) is 10.3. The number of nitrogens with two attached hydrogens (primary N) is 1. The number of aliphatic imine (C=N–C) groups is 1. The predicted molar refractivity (Wildman–Crippen MR) is 55.9 cm³/mol. The van der Waals surface area contributed by atoms with Gasteiger partial charge in [-0.3, -0.25) is 4.99 Å². The lowest BCUT2D eigenvalue weighted by atomic mass is 10.3. The summed E-state index contributed by atoms with van der Waals surface area (Å²) in [6, 6.07) is 0. The first-order valence-electron chi connectivity index (χ1n) is 5.05. The van der Waals surface area contributed by atoms with Crippen molar-refractivity contribution in [3.05, 3.63) is 0 Å². The second kappa shape index (κ2) is 5.07. The summed E-state index contributed by atoms with van der Waals surface area (Å²) in [5.41, 5.74) is 5.80. The van der Waals surface area contributed by atoms with Crippen LogP contribution in [0.3, 0.4) is 0 Å². The molecule has 13 heavy (non-hydrogen) atoms. The minimum Gasteiger partial charge on any atom is -0.370 e. The van der Waals surface area contributed by atoms with Crippen LogP contribution in [0, 0.1) is 0 Å². The number of hydrogen-bond donors (Lipinski definition) is 1. The monoisotopic (exact) mass is 184 g/mol. The quantitative estimate of drug-likeness (QED) is 0.484. The summed E-state index contributed by atoms with van der Waals surface area (Å²) in [7, 11) is 0. The molecular weight excluding hydrogens is 164 g/mol. The third-order valence-corrected chi connectivity index (χ3v) is 2.46. The van der Waals surface area contributed by atoms with E-state index >= 15 is 0 Å². The van der Waals surface area contributed by atoms with Crippen molar-refractivity contribution in [3.8, 4) is 0 Å². The lowest BCUT2D eigenvalue weighted by Gasteiger charge is -2.34. The molecule has 0 bridgehead atoms. The van der Waals surface area contributed by atoms with Gasteiger partial charge in [-0.15, -0.1) is 0 Å². The lowest BCUT2D eigenvalue weighted by Crippen LogP contribution is -2.50. The topological polar surface area (TPSA) is 44.9 Å². The lowest BCUT2D eigenvalue weighted by molar-refractivity contribution is 0.188. The van der Waals surface area contributed by atoms with Crippen LogP contribution in [0.2, 0.25) is 0 Å². The maximum Gasteiger partial charge on any atom is 0.191 e. The zero-order chi connectivity index (χ0) is 9.68. The van der Waals surface area contributed by atoms with E-state index < -0.39 is 0 Å². The van der Waals surface area contributed by atoms with Crippen LogP contribution in [0.25, 0.3) is 0 Å². The molecule has 0 spiro atoms. The Morgan fingerprint density at radius 1 is 1.23 bits per heavy atom. The van der Waals surface area contributed by atoms with E-state index in [1.54, 1.807) is 0 Å². The Morgan fingerprint density at radius 3 is 2.31 bits per heavy atom. The summed E-state index contributed by atoms with van der Waals surface area (Å²) < 4.78 is 0. The average Bonchev–Trinajstić information content (AvgIpc) is 2.18. The van der Waals surface area contributed by atoms with Gasteiger partial charge >= 0.3 is 0 Å². The molecule has 0 aromatic carbocycles. The van der Waals surface area contributed by atoms with Crippen molar-refractivity contribution in [2.24, 2.45) is 10.7 Å². The molecule has 1 rings (SSSR count). The maximum absolute atomic E-state index is 5.80. The third kappa shape index (κ3) is 2.88. The molecule has 0 unspecified atom stereocenters. The second-order valence-electron chi connectivity index (χ2n) is 3.25. The fraction of sp³-hybridized carbons (Fsp3) is 0.889. The van der Waals surface area contributed by atoms with Crippen LogP contribution in [0.4, 0.5) is 0 Å². The van der Waals surface area contributed by atoms with Crippen LogP contribution in [-0.2, 0) is 0 Å². The maximum atomic E-state index is 5.80. The Bertz CT molecular complexity index is 170. The molecule has 1 heterocycles. The Balaban J connectivity index is 2.36. The van der Waals surface area contributed by atoms with Gasteiger partial charge in [0.25, 0.3) is 0 Å². The molecule has 0 atom stereocenters. The molecule has 0 aromatic heterocycles. The van der Waals surface area contributed by atoms with Gasteiger partial charge in [-0.2, -0.15) is 0 Å². The summed E-state index contributed by atoms with van der Waals surface area (Å²) >= 11 is 0. The smallest absolute Gasteiger partial charge is 0.191 e. The van der Waals surface area contributed by atoms with Crippen molar-refractivity contribution in [2.75, 3.05) is 39.3 Å². The molecule has 0 saturated carbocycles. The van der Waals surface area contributed by atoms with Crippen LogP contribution in [0.15, 0.2) is 4.99 Å². The van der Waals surface area contributed by atoms with Gasteiger partial charge in [-0.05, 0) is 13.5 Å². The van der Waals surface area contributed by atoms with Crippen LogP contribution < -0.4 is 5.73 Å². The highest BCUT2D eigenvalue weighted by Crippen LogP contribution is 2.00. The molecule has 2 N–H and O–H groups in total. The fourth-order valence-electron chi connectivity index (χ4n) is 1.56. The SMILES string of the molecule is CCN=C(N)N1CCN(CC)CC1. The molecule has 1 aliphatic rings. The average molecular weight is 184 g/mol. The third-order valence-electron chi connectivity index (χ3n) is 2.46. The first-order chi connectivity index (χ1) is 6.27. The normalized spacial score (nSPS) is 20.8.